The van der Waals surface area contributed by atoms with Crippen LogP contribution in [-0.4, -0.2) is 36.0 Å². The summed E-state index contributed by atoms with van der Waals surface area (Å²) in [4.78, 5) is 16.5. The summed E-state index contributed by atoms with van der Waals surface area (Å²) in [7, 11) is 1.78. The van der Waals surface area contributed by atoms with Gasteiger partial charge in [-0.3, -0.25) is 0 Å². The van der Waals surface area contributed by atoms with Crippen LogP contribution in [0.15, 0.2) is 23.4 Å². The molecule has 2 aromatic rings. The van der Waals surface area contributed by atoms with Crippen molar-refractivity contribution in [2.24, 2.45) is 7.05 Å². The summed E-state index contributed by atoms with van der Waals surface area (Å²) >= 11 is 1.61. The van der Waals surface area contributed by atoms with E-state index in [1.54, 1.807) is 29.6 Å². The van der Waals surface area contributed by atoms with Gasteiger partial charge in [-0.05, 0) is 24.9 Å². The minimum absolute atomic E-state index is 0.323. The third-order valence-electron chi connectivity index (χ3n) is 3.65. The van der Waals surface area contributed by atoms with Gasteiger partial charge in [-0.1, -0.05) is 0 Å². The van der Waals surface area contributed by atoms with Crippen LogP contribution in [0.25, 0.3) is 0 Å². The molecule has 106 valence electrons. The number of hydrogen-bond acceptors (Lipinski definition) is 4. The molecule has 0 fully saturated rings. The van der Waals surface area contributed by atoms with Gasteiger partial charge in [0.15, 0.2) is 0 Å². The monoisotopic (exact) mass is 292 g/mol. The van der Waals surface area contributed by atoms with Crippen LogP contribution in [0.3, 0.4) is 0 Å². The highest BCUT2D eigenvalue weighted by Gasteiger charge is 2.21. The van der Waals surface area contributed by atoms with Gasteiger partial charge in [-0.25, -0.2) is 14.1 Å². The summed E-state index contributed by atoms with van der Waals surface area (Å²) in [5.74, 6) is 0.160. The zero-order valence-electron chi connectivity index (χ0n) is 11.4. The number of imidazole rings is 1. The predicted octanol–water partition coefficient (Wildman–Crippen LogP) is 1.75. The lowest BCUT2D eigenvalue weighted by Crippen LogP contribution is -2.28. The van der Waals surface area contributed by atoms with E-state index < -0.39 is 5.97 Å². The van der Waals surface area contributed by atoms with E-state index >= 15 is 0 Å². The molecular weight excluding hydrogens is 276 g/mol. The Balaban J connectivity index is 1.79. The molecule has 0 radical (unpaired) electrons. The highest BCUT2D eigenvalue weighted by molar-refractivity contribution is 7.97. The largest absolute Gasteiger partial charge is 0.477 e. The van der Waals surface area contributed by atoms with E-state index in [0.29, 0.717) is 5.69 Å². The quantitative estimate of drug-likeness (QED) is 0.873. The number of rotatable bonds is 3. The van der Waals surface area contributed by atoms with Gasteiger partial charge < -0.3 is 14.2 Å². The zero-order valence-corrected chi connectivity index (χ0v) is 12.2. The van der Waals surface area contributed by atoms with Crippen LogP contribution in [-0.2, 0) is 20.1 Å². The highest BCUT2D eigenvalue weighted by atomic mass is 32.2. The average molecular weight is 292 g/mol. The number of carboxylic acids is 1. The molecule has 3 rings (SSSR count). The first-order chi connectivity index (χ1) is 9.56. The van der Waals surface area contributed by atoms with Crippen LogP contribution in [0.5, 0.6) is 0 Å². The molecule has 7 heteroatoms. The number of aromatic nitrogens is 3. The molecule has 3 heterocycles. The van der Waals surface area contributed by atoms with Gasteiger partial charge in [-0.2, -0.15) is 0 Å². The first-order valence-corrected chi connectivity index (χ1v) is 7.16. The molecule has 0 amide bonds. The smallest absolute Gasteiger partial charge is 0.352 e. The second-order valence-electron chi connectivity index (χ2n) is 4.84. The molecular formula is C13H16N4O2S. The van der Waals surface area contributed by atoms with Crippen LogP contribution in [0.4, 0.5) is 0 Å². The van der Waals surface area contributed by atoms with Crippen LogP contribution in [0.2, 0.25) is 0 Å². The molecule has 0 unspecified atom stereocenters. The Kier molecular flexibility index (Phi) is 3.31. The molecule has 1 aliphatic heterocycles. The molecule has 1 N–H and O–H groups in total. The molecule has 2 aromatic heterocycles. The van der Waals surface area contributed by atoms with Crippen molar-refractivity contribution >= 4 is 17.9 Å². The van der Waals surface area contributed by atoms with E-state index in [9.17, 15) is 4.79 Å². The third-order valence-corrected chi connectivity index (χ3v) is 4.83. The van der Waals surface area contributed by atoms with E-state index in [1.165, 1.54) is 0 Å². The second kappa shape index (κ2) is 4.99. The van der Waals surface area contributed by atoms with Gasteiger partial charge in [-0.15, -0.1) is 0 Å². The van der Waals surface area contributed by atoms with Crippen molar-refractivity contribution in [3.63, 3.8) is 0 Å². The van der Waals surface area contributed by atoms with E-state index in [0.717, 1.165) is 36.0 Å². The number of aromatic carboxylic acids is 1. The van der Waals surface area contributed by atoms with Crippen molar-refractivity contribution in [3.05, 3.63) is 35.7 Å². The standard InChI is InChI=1S/C13H16N4O2S/c1-9-11(7-10(13(18)19)15(9)2)20-17-6-5-16-4-3-14-12(16)8-17/h3-4,7H,5-6,8H2,1-2H3,(H,18,19). The lowest BCUT2D eigenvalue weighted by atomic mass is 10.4. The van der Waals surface area contributed by atoms with E-state index in [2.05, 4.69) is 13.9 Å². The fraction of sp³-hybridized carbons (Fsp3) is 0.385. The van der Waals surface area contributed by atoms with E-state index in [1.807, 2.05) is 19.3 Å². The molecule has 0 saturated heterocycles. The fourth-order valence-electron chi connectivity index (χ4n) is 2.34. The molecule has 0 bridgehead atoms. The number of fused-ring (bicyclic) bond motifs is 1. The minimum atomic E-state index is -0.892. The van der Waals surface area contributed by atoms with Gasteiger partial charge in [0.2, 0.25) is 0 Å². The molecule has 0 saturated carbocycles. The van der Waals surface area contributed by atoms with Crippen molar-refractivity contribution < 1.29 is 9.90 Å². The molecule has 0 aliphatic carbocycles. The maximum absolute atomic E-state index is 11.2. The van der Waals surface area contributed by atoms with Gasteiger partial charge >= 0.3 is 5.97 Å². The highest BCUT2D eigenvalue weighted by Crippen LogP contribution is 2.31. The van der Waals surface area contributed by atoms with Gasteiger partial charge in [0.25, 0.3) is 0 Å². The molecule has 20 heavy (non-hydrogen) atoms. The van der Waals surface area contributed by atoms with Crippen molar-refractivity contribution in [2.75, 3.05) is 6.54 Å². The molecule has 0 spiro atoms. The Morgan fingerprint density at radius 2 is 2.25 bits per heavy atom. The van der Waals surface area contributed by atoms with Crippen LogP contribution in [0, 0.1) is 6.92 Å². The van der Waals surface area contributed by atoms with Crippen molar-refractivity contribution in [2.45, 2.75) is 24.9 Å². The van der Waals surface area contributed by atoms with Crippen LogP contribution >= 0.6 is 11.9 Å². The average Bonchev–Trinajstić information content (AvgIpc) is 2.98. The Hall–Kier alpha value is -1.73. The maximum atomic E-state index is 11.2. The molecule has 1 aliphatic rings. The Morgan fingerprint density at radius 1 is 1.45 bits per heavy atom. The van der Waals surface area contributed by atoms with Crippen LogP contribution in [0.1, 0.15) is 22.0 Å². The SMILES string of the molecule is Cc1c(SN2CCn3ccnc3C2)cc(C(=O)O)n1C. The van der Waals surface area contributed by atoms with Gasteiger partial charge in [0.05, 0.1) is 6.54 Å². The number of carboxylic acid groups (broad SMARTS) is 1. The number of hydrogen-bond donors (Lipinski definition) is 1. The van der Waals surface area contributed by atoms with Crippen molar-refractivity contribution in [1.29, 1.82) is 0 Å². The predicted molar refractivity (Wildman–Crippen MR) is 75.6 cm³/mol. The Labute approximate surface area is 121 Å². The molecule has 0 atom stereocenters. The maximum Gasteiger partial charge on any atom is 0.352 e. The zero-order chi connectivity index (χ0) is 14.3. The van der Waals surface area contributed by atoms with Crippen molar-refractivity contribution in [3.8, 4) is 0 Å². The topological polar surface area (TPSA) is 63.3 Å². The number of nitrogens with zero attached hydrogens (tertiary/aromatic N) is 4. The summed E-state index contributed by atoms with van der Waals surface area (Å²) in [5.41, 5.74) is 1.30. The first-order valence-electron chi connectivity index (χ1n) is 6.39. The second-order valence-corrected chi connectivity index (χ2v) is 5.97. The summed E-state index contributed by atoms with van der Waals surface area (Å²) in [5, 5.41) is 9.15. The van der Waals surface area contributed by atoms with Crippen molar-refractivity contribution in [1.82, 2.24) is 18.4 Å². The minimum Gasteiger partial charge on any atom is -0.477 e. The third kappa shape index (κ3) is 2.23. The molecule has 0 aromatic carbocycles. The Morgan fingerprint density at radius 3 is 2.95 bits per heavy atom. The summed E-state index contributed by atoms with van der Waals surface area (Å²) in [6.07, 6.45) is 3.81. The summed E-state index contributed by atoms with van der Waals surface area (Å²) in [6.45, 7) is 4.55. The summed E-state index contributed by atoms with van der Waals surface area (Å²) < 4.78 is 6.09. The van der Waals surface area contributed by atoms with Gasteiger partial charge in [0, 0.05) is 43.1 Å². The number of carbonyl (C=O) groups is 1. The fourth-order valence-corrected chi connectivity index (χ4v) is 3.40. The lowest BCUT2D eigenvalue weighted by molar-refractivity contribution is 0.0686. The summed E-state index contributed by atoms with van der Waals surface area (Å²) in [6, 6.07) is 1.74. The molecule has 6 nitrogen and oxygen atoms in total. The first kappa shape index (κ1) is 13.3. The Bertz CT molecular complexity index is 661. The van der Waals surface area contributed by atoms with Gasteiger partial charge in [0.1, 0.15) is 11.5 Å². The van der Waals surface area contributed by atoms with E-state index in [4.69, 9.17) is 5.11 Å². The normalized spacial score (nSPS) is 15.3. The van der Waals surface area contributed by atoms with Crippen LogP contribution < -0.4 is 0 Å². The lowest BCUT2D eigenvalue weighted by Gasteiger charge is -2.26. The van der Waals surface area contributed by atoms with E-state index in [-0.39, 0.29) is 0 Å².